The lowest BCUT2D eigenvalue weighted by atomic mass is 10.0. The van der Waals surface area contributed by atoms with Crippen LogP contribution in [0.3, 0.4) is 0 Å². The zero-order chi connectivity index (χ0) is 17.6. The van der Waals surface area contributed by atoms with Crippen molar-refractivity contribution in [3.05, 3.63) is 29.8 Å². The molecule has 0 heterocycles. The molecule has 134 valence electrons. The molecule has 0 aromatic heterocycles. The molecule has 23 heavy (non-hydrogen) atoms. The molecule has 1 aromatic carbocycles. The van der Waals surface area contributed by atoms with Gasteiger partial charge in [-0.2, -0.15) is 8.42 Å². The fraction of sp³-hybridized carbons (Fsp3) is 0.647. The molecular weight excluding hydrogens is 316 g/mol. The van der Waals surface area contributed by atoms with Crippen molar-refractivity contribution in [1.29, 1.82) is 0 Å². The molecule has 0 aliphatic carbocycles. The van der Waals surface area contributed by atoms with Crippen LogP contribution in [0, 0.1) is 0 Å². The third kappa shape index (κ3) is 15.6. The van der Waals surface area contributed by atoms with Gasteiger partial charge in [0, 0.05) is 0 Å². The minimum absolute atomic E-state index is 0.0289. The first-order chi connectivity index (χ1) is 10.9. The van der Waals surface area contributed by atoms with Gasteiger partial charge in [-0.15, -0.1) is 0 Å². The van der Waals surface area contributed by atoms with E-state index in [1.54, 1.807) is 12.1 Å². The SMILES string of the molecule is CCCCCCCCCc1ccc(O)cc1.CCOS(=O)(=O)O. The van der Waals surface area contributed by atoms with E-state index in [-0.39, 0.29) is 6.61 Å². The van der Waals surface area contributed by atoms with Crippen LogP contribution in [-0.4, -0.2) is 24.7 Å². The summed E-state index contributed by atoms with van der Waals surface area (Å²) in [5.74, 6) is 0.364. The molecule has 5 nitrogen and oxygen atoms in total. The van der Waals surface area contributed by atoms with Crippen molar-refractivity contribution in [1.82, 2.24) is 0 Å². The molecule has 0 aliphatic rings. The van der Waals surface area contributed by atoms with Crippen molar-refractivity contribution in [2.75, 3.05) is 6.61 Å². The number of aryl methyl sites for hydroxylation is 1. The van der Waals surface area contributed by atoms with E-state index >= 15 is 0 Å². The number of benzene rings is 1. The van der Waals surface area contributed by atoms with Gasteiger partial charge in [-0.1, -0.05) is 57.6 Å². The highest BCUT2D eigenvalue weighted by atomic mass is 32.3. The Bertz CT molecular complexity index is 482. The summed E-state index contributed by atoms with van der Waals surface area (Å²) in [6, 6.07) is 7.59. The second-order valence-electron chi connectivity index (χ2n) is 5.37. The van der Waals surface area contributed by atoms with Gasteiger partial charge in [-0.05, 0) is 37.5 Å². The molecule has 0 spiro atoms. The third-order valence-electron chi connectivity index (χ3n) is 3.27. The molecule has 0 bridgehead atoms. The molecular formula is C17H30O5S. The second kappa shape index (κ2) is 13.3. The fourth-order valence-electron chi connectivity index (χ4n) is 2.10. The molecule has 0 fully saturated rings. The lowest BCUT2D eigenvalue weighted by Gasteiger charge is -2.02. The average molecular weight is 346 g/mol. The number of rotatable bonds is 10. The predicted molar refractivity (Wildman–Crippen MR) is 93.0 cm³/mol. The Labute approximate surface area is 140 Å². The molecule has 1 aromatic rings. The molecule has 0 aliphatic heterocycles. The first-order valence-corrected chi connectivity index (χ1v) is 9.65. The number of unbranched alkanes of at least 4 members (excludes halogenated alkanes) is 6. The standard InChI is InChI=1S/C15H24O.C2H6O4S/c1-2-3-4-5-6-7-8-9-14-10-12-15(16)13-11-14;1-2-6-7(3,4)5/h10-13,16H,2-9H2,1H3;2H2,1H3,(H,3,4,5). The van der Waals surface area contributed by atoms with E-state index in [9.17, 15) is 8.42 Å². The van der Waals surface area contributed by atoms with Crippen LogP contribution in [0.1, 0.15) is 64.4 Å². The first kappa shape index (κ1) is 21.9. The van der Waals surface area contributed by atoms with Gasteiger partial charge in [0.05, 0.1) is 6.61 Å². The number of hydrogen-bond acceptors (Lipinski definition) is 4. The smallest absolute Gasteiger partial charge is 0.397 e. The van der Waals surface area contributed by atoms with E-state index < -0.39 is 10.4 Å². The summed E-state index contributed by atoms with van der Waals surface area (Å²) < 4.78 is 30.7. The van der Waals surface area contributed by atoms with Crippen LogP contribution >= 0.6 is 0 Å². The van der Waals surface area contributed by atoms with Crippen molar-refractivity contribution < 1.29 is 22.3 Å². The highest BCUT2D eigenvalue weighted by Gasteiger charge is 1.98. The lowest BCUT2D eigenvalue weighted by Crippen LogP contribution is -2.01. The fourth-order valence-corrected chi connectivity index (χ4v) is 2.40. The van der Waals surface area contributed by atoms with Crippen LogP contribution in [0.4, 0.5) is 0 Å². The van der Waals surface area contributed by atoms with E-state index in [1.807, 2.05) is 12.1 Å². The van der Waals surface area contributed by atoms with Crippen LogP contribution in [0.5, 0.6) is 5.75 Å². The largest absolute Gasteiger partial charge is 0.508 e. The molecule has 6 heteroatoms. The second-order valence-corrected chi connectivity index (χ2v) is 6.46. The topological polar surface area (TPSA) is 83.8 Å². The van der Waals surface area contributed by atoms with Crippen LogP contribution < -0.4 is 0 Å². The number of phenols is 1. The summed E-state index contributed by atoms with van der Waals surface area (Å²) in [5.41, 5.74) is 1.34. The Morgan fingerprint density at radius 2 is 1.43 bits per heavy atom. The molecule has 0 saturated carbocycles. The van der Waals surface area contributed by atoms with Gasteiger partial charge < -0.3 is 5.11 Å². The highest BCUT2D eigenvalue weighted by Crippen LogP contribution is 2.13. The van der Waals surface area contributed by atoms with Gasteiger partial charge in [0.2, 0.25) is 0 Å². The van der Waals surface area contributed by atoms with E-state index in [1.165, 1.54) is 57.4 Å². The van der Waals surface area contributed by atoms with E-state index in [4.69, 9.17) is 9.66 Å². The van der Waals surface area contributed by atoms with Gasteiger partial charge in [-0.3, -0.25) is 4.55 Å². The predicted octanol–water partition coefficient (Wildman–Crippen LogP) is 4.51. The van der Waals surface area contributed by atoms with Gasteiger partial charge in [-0.25, -0.2) is 4.18 Å². The van der Waals surface area contributed by atoms with Crippen LogP contribution in [0.15, 0.2) is 24.3 Å². The Kier molecular flexibility index (Phi) is 12.7. The summed E-state index contributed by atoms with van der Waals surface area (Å²) in [5, 5.41) is 9.15. The molecule has 0 unspecified atom stereocenters. The van der Waals surface area contributed by atoms with Crippen LogP contribution in [-0.2, 0) is 21.0 Å². The Hall–Kier alpha value is -1.11. The maximum Gasteiger partial charge on any atom is 0.397 e. The highest BCUT2D eigenvalue weighted by molar-refractivity contribution is 7.80. The maximum absolute atomic E-state index is 9.56. The molecule has 0 saturated heterocycles. The van der Waals surface area contributed by atoms with Crippen molar-refractivity contribution in [2.45, 2.75) is 65.2 Å². The van der Waals surface area contributed by atoms with Crippen LogP contribution in [0.25, 0.3) is 0 Å². The number of phenolic OH excluding ortho intramolecular Hbond substituents is 1. The minimum atomic E-state index is -4.17. The summed E-state index contributed by atoms with van der Waals surface area (Å²) in [4.78, 5) is 0. The minimum Gasteiger partial charge on any atom is -0.508 e. The number of aromatic hydroxyl groups is 1. The lowest BCUT2D eigenvalue weighted by molar-refractivity contribution is 0.283. The van der Waals surface area contributed by atoms with Crippen molar-refractivity contribution >= 4 is 10.4 Å². The molecule has 1 rings (SSSR count). The number of hydrogen-bond donors (Lipinski definition) is 2. The van der Waals surface area contributed by atoms with E-state index in [0.29, 0.717) is 5.75 Å². The molecule has 2 N–H and O–H groups in total. The molecule has 0 atom stereocenters. The Morgan fingerprint density at radius 3 is 1.87 bits per heavy atom. The van der Waals surface area contributed by atoms with Gasteiger partial charge in [0.25, 0.3) is 0 Å². The monoisotopic (exact) mass is 346 g/mol. The zero-order valence-electron chi connectivity index (χ0n) is 14.2. The Morgan fingerprint density at radius 1 is 0.913 bits per heavy atom. The van der Waals surface area contributed by atoms with Crippen molar-refractivity contribution in [3.63, 3.8) is 0 Å². The molecule has 0 radical (unpaired) electrons. The summed E-state index contributed by atoms with van der Waals surface area (Å²) in [6.45, 7) is 3.69. The van der Waals surface area contributed by atoms with Gasteiger partial charge >= 0.3 is 10.4 Å². The quantitative estimate of drug-likeness (QED) is 0.481. The Balaban J connectivity index is 0.000000585. The van der Waals surface area contributed by atoms with Crippen molar-refractivity contribution in [3.8, 4) is 5.75 Å². The van der Waals surface area contributed by atoms with Gasteiger partial charge in [0.15, 0.2) is 0 Å². The first-order valence-electron chi connectivity index (χ1n) is 8.28. The summed E-state index contributed by atoms with van der Waals surface area (Å²) in [6.07, 6.45) is 10.6. The van der Waals surface area contributed by atoms with E-state index in [0.717, 1.165) is 6.42 Å². The van der Waals surface area contributed by atoms with Crippen molar-refractivity contribution in [2.24, 2.45) is 0 Å². The normalized spacial score (nSPS) is 10.9. The summed E-state index contributed by atoms with van der Waals surface area (Å²) in [7, 11) is -4.17. The summed E-state index contributed by atoms with van der Waals surface area (Å²) >= 11 is 0. The zero-order valence-corrected chi connectivity index (χ0v) is 15.0. The van der Waals surface area contributed by atoms with E-state index in [2.05, 4.69) is 11.1 Å². The van der Waals surface area contributed by atoms with Crippen LogP contribution in [0.2, 0.25) is 0 Å². The van der Waals surface area contributed by atoms with Gasteiger partial charge in [0.1, 0.15) is 5.75 Å². The molecule has 0 amide bonds. The average Bonchev–Trinajstić information content (AvgIpc) is 2.48. The maximum atomic E-state index is 9.56. The third-order valence-corrected chi connectivity index (χ3v) is 3.81.